The summed E-state index contributed by atoms with van der Waals surface area (Å²) in [5.41, 5.74) is 3.99. The van der Waals surface area contributed by atoms with Gasteiger partial charge in [0.2, 0.25) is 0 Å². The Morgan fingerprint density at radius 3 is 2.50 bits per heavy atom. The molecule has 0 aromatic heterocycles. The summed E-state index contributed by atoms with van der Waals surface area (Å²) in [4.78, 5) is 37.4. The van der Waals surface area contributed by atoms with E-state index in [1.165, 1.54) is 5.01 Å². The van der Waals surface area contributed by atoms with Crippen LogP contribution < -0.4 is 5.43 Å². The number of ether oxygens (including phenoxy) is 2. The summed E-state index contributed by atoms with van der Waals surface area (Å²) in [7, 11) is 0. The molecule has 7 heteroatoms. The number of nitrogens with zero attached hydrogens (tertiary/aromatic N) is 1. The maximum atomic E-state index is 12.8. The third kappa shape index (κ3) is 4.82. The van der Waals surface area contributed by atoms with Crippen LogP contribution in [0.25, 0.3) is 0 Å². The molecule has 0 unspecified atom stereocenters. The molecule has 1 aliphatic rings. The lowest BCUT2D eigenvalue weighted by molar-refractivity contribution is -0.148. The summed E-state index contributed by atoms with van der Waals surface area (Å²) in [5, 5.41) is 1.18. The van der Waals surface area contributed by atoms with Gasteiger partial charge in [-0.3, -0.25) is 15.0 Å². The average Bonchev–Trinajstić information content (AvgIpc) is 2.60. The minimum Gasteiger partial charge on any atom is -0.466 e. The molecule has 0 aliphatic carbocycles. The van der Waals surface area contributed by atoms with Crippen molar-refractivity contribution in [2.75, 3.05) is 6.61 Å². The monoisotopic (exact) mass is 390 g/mol. The first-order valence-electron chi connectivity index (χ1n) is 9.68. The predicted molar refractivity (Wildman–Crippen MR) is 105 cm³/mol. The van der Waals surface area contributed by atoms with Crippen molar-refractivity contribution in [2.24, 2.45) is 5.92 Å². The van der Waals surface area contributed by atoms with E-state index in [9.17, 15) is 14.4 Å². The largest absolute Gasteiger partial charge is 0.466 e. The van der Waals surface area contributed by atoms with Crippen molar-refractivity contribution in [3.05, 3.63) is 34.9 Å². The van der Waals surface area contributed by atoms with Crippen molar-refractivity contribution >= 4 is 18.0 Å². The van der Waals surface area contributed by atoms with Gasteiger partial charge in [0.25, 0.3) is 5.91 Å². The first-order chi connectivity index (χ1) is 13.1. The summed E-state index contributed by atoms with van der Waals surface area (Å²) < 4.78 is 10.5. The van der Waals surface area contributed by atoms with Gasteiger partial charge in [-0.25, -0.2) is 9.80 Å². The fourth-order valence-corrected chi connectivity index (χ4v) is 3.43. The molecule has 154 valence electrons. The third-order valence-corrected chi connectivity index (χ3v) is 4.69. The van der Waals surface area contributed by atoms with Crippen LogP contribution in [0.5, 0.6) is 0 Å². The molecule has 1 N–H and O–H groups in total. The van der Waals surface area contributed by atoms with Crippen LogP contribution in [0.4, 0.5) is 4.79 Å². The Bertz CT molecular complexity index is 754. The van der Waals surface area contributed by atoms with E-state index in [1.54, 1.807) is 27.7 Å². The van der Waals surface area contributed by atoms with Gasteiger partial charge in [-0.05, 0) is 51.2 Å². The normalized spacial score (nSPS) is 15.9. The van der Waals surface area contributed by atoms with Crippen LogP contribution in [-0.2, 0) is 20.8 Å². The molecule has 7 nitrogen and oxygen atoms in total. The highest BCUT2D eigenvalue weighted by molar-refractivity contribution is 5.99. The molecule has 0 bridgehead atoms. The third-order valence-electron chi connectivity index (χ3n) is 4.69. The molecule has 0 radical (unpaired) electrons. The number of rotatable bonds is 5. The maximum Gasteiger partial charge on any atom is 0.429 e. The van der Waals surface area contributed by atoms with Gasteiger partial charge >= 0.3 is 12.1 Å². The van der Waals surface area contributed by atoms with Crippen LogP contribution in [0, 0.1) is 5.92 Å². The second-order valence-electron chi connectivity index (χ2n) is 7.94. The number of carbonyl (C=O) groups excluding carboxylic acids is 3. The van der Waals surface area contributed by atoms with E-state index in [0.29, 0.717) is 18.6 Å². The van der Waals surface area contributed by atoms with Crippen molar-refractivity contribution in [3.8, 4) is 0 Å². The van der Waals surface area contributed by atoms with Crippen LogP contribution >= 0.6 is 0 Å². The van der Waals surface area contributed by atoms with Crippen molar-refractivity contribution < 1.29 is 23.9 Å². The van der Waals surface area contributed by atoms with Gasteiger partial charge in [0.05, 0.1) is 19.1 Å². The number of esters is 1. The Hall–Kier alpha value is -2.57. The number of carbonyl (C=O) groups is 3. The molecule has 1 aromatic rings. The van der Waals surface area contributed by atoms with E-state index in [-0.39, 0.29) is 30.3 Å². The van der Waals surface area contributed by atoms with E-state index in [1.807, 2.05) is 32.0 Å². The number of fused-ring (bicyclic) bond motifs is 1. The SMILES string of the molecule is CCOC(=O)[C@H](C)[C@@H](CC)c1cccc2c1C(=O)NN(C(=O)OC(C)(C)C)C2. The summed E-state index contributed by atoms with van der Waals surface area (Å²) in [6.45, 7) is 11.4. The first kappa shape index (κ1) is 21.7. The van der Waals surface area contributed by atoms with Gasteiger partial charge in [-0.1, -0.05) is 32.0 Å². The second kappa shape index (κ2) is 8.63. The fourth-order valence-electron chi connectivity index (χ4n) is 3.43. The Morgan fingerprint density at radius 2 is 1.93 bits per heavy atom. The lowest BCUT2D eigenvalue weighted by Gasteiger charge is -2.33. The predicted octanol–water partition coefficient (Wildman–Crippen LogP) is 3.77. The zero-order valence-corrected chi connectivity index (χ0v) is 17.5. The van der Waals surface area contributed by atoms with Crippen LogP contribution in [0.2, 0.25) is 0 Å². The highest BCUT2D eigenvalue weighted by Gasteiger charge is 2.34. The number of amides is 2. The highest BCUT2D eigenvalue weighted by Crippen LogP contribution is 2.34. The lowest BCUT2D eigenvalue weighted by Crippen LogP contribution is -2.51. The molecular formula is C21H30N2O5. The molecule has 1 aliphatic heterocycles. The lowest BCUT2D eigenvalue weighted by atomic mass is 9.81. The van der Waals surface area contributed by atoms with E-state index < -0.39 is 11.7 Å². The van der Waals surface area contributed by atoms with Crippen LogP contribution in [0.3, 0.4) is 0 Å². The van der Waals surface area contributed by atoms with Gasteiger partial charge in [0.15, 0.2) is 0 Å². The van der Waals surface area contributed by atoms with E-state index in [4.69, 9.17) is 9.47 Å². The summed E-state index contributed by atoms with van der Waals surface area (Å²) in [6, 6.07) is 5.53. The van der Waals surface area contributed by atoms with Crippen LogP contribution in [0.15, 0.2) is 18.2 Å². The number of nitrogens with one attached hydrogen (secondary N) is 1. The highest BCUT2D eigenvalue weighted by atomic mass is 16.6. The van der Waals surface area contributed by atoms with Crippen molar-refractivity contribution in [2.45, 2.75) is 66.0 Å². The minimum atomic E-state index is -0.660. The van der Waals surface area contributed by atoms with E-state index in [0.717, 1.165) is 11.1 Å². The number of benzene rings is 1. The molecule has 2 rings (SSSR count). The maximum absolute atomic E-state index is 12.8. The smallest absolute Gasteiger partial charge is 0.429 e. The molecule has 0 spiro atoms. The summed E-state index contributed by atoms with van der Waals surface area (Å²) >= 11 is 0. The molecule has 0 fully saturated rings. The molecule has 28 heavy (non-hydrogen) atoms. The van der Waals surface area contributed by atoms with Crippen molar-refractivity contribution in [1.82, 2.24) is 10.4 Å². The van der Waals surface area contributed by atoms with Crippen LogP contribution in [-0.4, -0.2) is 35.2 Å². The number of hydrogen-bond donors (Lipinski definition) is 1. The Kier molecular flexibility index (Phi) is 6.69. The topological polar surface area (TPSA) is 84.9 Å². The molecule has 1 aromatic carbocycles. The van der Waals surface area contributed by atoms with Gasteiger partial charge in [-0.15, -0.1) is 0 Å². The zero-order valence-electron chi connectivity index (χ0n) is 17.5. The van der Waals surface area contributed by atoms with Crippen molar-refractivity contribution in [1.29, 1.82) is 0 Å². The molecule has 0 saturated carbocycles. The van der Waals surface area contributed by atoms with Gasteiger partial charge in [-0.2, -0.15) is 0 Å². The van der Waals surface area contributed by atoms with E-state index in [2.05, 4.69) is 5.43 Å². The summed E-state index contributed by atoms with van der Waals surface area (Å²) in [5.74, 6) is -1.20. The minimum absolute atomic E-state index is 0.159. The van der Waals surface area contributed by atoms with Crippen molar-refractivity contribution in [3.63, 3.8) is 0 Å². The first-order valence-corrected chi connectivity index (χ1v) is 9.68. The van der Waals surface area contributed by atoms with Gasteiger partial charge in [0, 0.05) is 5.56 Å². The second-order valence-corrected chi connectivity index (χ2v) is 7.94. The standard InChI is InChI=1S/C21H30N2O5/c1-7-15(13(3)19(25)27-8-2)16-11-9-10-14-12-23(22-18(24)17(14)16)20(26)28-21(4,5)6/h9-11,13,15H,7-8,12H2,1-6H3,(H,22,24)/t13-,15-/m1/s1. The average molecular weight is 390 g/mol. The summed E-state index contributed by atoms with van der Waals surface area (Å²) in [6.07, 6.45) is 0.0725. The Labute approximate surface area is 166 Å². The molecule has 2 atom stereocenters. The molecule has 0 saturated heterocycles. The Morgan fingerprint density at radius 1 is 1.25 bits per heavy atom. The van der Waals surface area contributed by atoms with Gasteiger partial charge in [0.1, 0.15) is 5.60 Å². The zero-order chi connectivity index (χ0) is 21.1. The molecular weight excluding hydrogens is 360 g/mol. The Balaban J connectivity index is 2.34. The van der Waals surface area contributed by atoms with Gasteiger partial charge < -0.3 is 9.47 Å². The number of hydrazine groups is 1. The molecule has 2 amide bonds. The quantitative estimate of drug-likeness (QED) is 0.774. The van der Waals surface area contributed by atoms with Crippen LogP contribution in [0.1, 0.15) is 75.4 Å². The molecule has 1 heterocycles. The van der Waals surface area contributed by atoms with E-state index >= 15 is 0 Å². The number of hydrogen-bond acceptors (Lipinski definition) is 5. The fraction of sp³-hybridized carbons (Fsp3) is 0.571.